The van der Waals surface area contributed by atoms with Crippen LogP contribution in [0.1, 0.15) is 50.6 Å². The van der Waals surface area contributed by atoms with Crippen LogP contribution in [-0.4, -0.2) is 19.2 Å². The molecule has 1 atom stereocenters. The number of hydrogen-bond acceptors (Lipinski definition) is 2. The molecule has 0 aromatic heterocycles. The third kappa shape index (κ3) is 3.89. The van der Waals surface area contributed by atoms with E-state index in [0.29, 0.717) is 6.04 Å². The maximum Gasteiger partial charge on any atom is 0.315 e. The third-order valence-electron chi connectivity index (χ3n) is 3.92. The van der Waals surface area contributed by atoms with Gasteiger partial charge in [0.2, 0.25) is 0 Å². The quantitative estimate of drug-likeness (QED) is 0.866. The zero-order chi connectivity index (χ0) is 14.4. The standard InChI is InChI=1S/C16H24N2O2/c1-3-15(12-8-10-14(20-2)11-9-12)18-16(19)17-13-6-4-5-7-13/h8-11,13,15H,3-7H2,1-2H3,(H2,17,18,19). The van der Waals surface area contributed by atoms with Crippen molar-refractivity contribution < 1.29 is 9.53 Å². The Kier molecular flexibility index (Phi) is 5.27. The third-order valence-corrected chi connectivity index (χ3v) is 3.92. The molecule has 0 bridgehead atoms. The van der Waals surface area contributed by atoms with Gasteiger partial charge in [-0.25, -0.2) is 4.79 Å². The average molecular weight is 276 g/mol. The summed E-state index contributed by atoms with van der Waals surface area (Å²) in [5.74, 6) is 0.832. The van der Waals surface area contributed by atoms with Crippen LogP contribution in [0.4, 0.5) is 4.79 Å². The van der Waals surface area contributed by atoms with Crippen LogP contribution in [0.2, 0.25) is 0 Å². The highest BCUT2D eigenvalue weighted by Crippen LogP contribution is 2.21. The van der Waals surface area contributed by atoms with Crippen LogP contribution in [0.15, 0.2) is 24.3 Å². The zero-order valence-electron chi connectivity index (χ0n) is 12.3. The van der Waals surface area contributed by atoms with Crippen molar-refractivity contribution in [3.05, 3.63) is 29.8 Å². The largest absolute Gasteiger partial charge is 0.497 e. The Bertz CT molecular complexity index is 425. The summed E-state index contributed by atoms with van der Waals surface area (Å²) in [6.07, 6.45) is 5.52. The highest BCUT2D eigenvalue weighted by atomic mass is 16.5. The van der Waals surface area contributed by atoms with Gasteiger partial charge in [0, 0.05) is 6.04 Å². The fourth-order valence-electron chi connectivity index (χ4n) is 2.71. The Hall–Kier alpha value is -1.71. The number of urea groups is 1. The molecule has 1 aromatic rings. The Labute approximate surface area is 120 Å². The van der Waals surface area contributed by atoms with Gasteiger partial charge in [0.15, 0.2) is 0 Å². The van der Waals surface area contributed by atoms with Crippen LogP contribution in [0, 0.1) is 0 Å². The number of benzene rings is 1. The van der Waals surface area contributed by atoms with Gasteiger partial charge in [-0.3, -0.25) is 0 Å². The molecule has 0 aliphatic heterocycles. The van der Waals surface area contributed by atoms with Gasteiger partial charge in [-0.1, -0.05) is 31.9 Å². The monoisotopic (exact) mass is 276 g/mol. The van der Waals surface area contributed by atoms with Crippen molar-refractivity contribution in [1.82, 2.24) is 10.6 Å². The second-order valence-electron chi connectivity index (χ2n) is 5.33. The molecule has 4 nitrogen and oxygen atoms in total. The normalized spacial score (nSPS) is 16.7. The number of rotatable bonds is 5. The van der Waals surface area contributed by atoms with E-state index < -0.39 is 0 Å². The van der Waals surface area contributed by atoms with Crippen molar-refractivity contribution in [2.24, 2.45) is 0 Å². The van der Waals surface area contributed by atoms with Crippen LogP contribution in [0.25, 0.3) is 0 Å². The molecule has 20 heavy (non-hydrogen) atoms. The molecule has 0 heterocycles. The lowest BCUT2D eigenvalue weighted by Crippen LogP contribution is -2.42. The van der Waals surface area contributed by atoms with E-state index in [2.05, 4.69) is 17.6 Å². The molecule has 1 saturated carbocycles. The molecule has 2 rings (SSSR count). The van der Waals surface area contributed by atoms with E-state index in [9.17, 15) is 4.79 Å². The van der Waals surface area contributed by atoms with Gasteiger partial charge in [0.1, 0.15) is 5.75 Å². The van der Waals surface area contributed by atoms with Gasteiger partial charge in [-0.15, -0.1) is 0 Å². The first-order valence-corrected chi connectivity index (χ1v) is 7.44. The molecule has 110 valence electrons. The topological polar surface area (TPSA) is 50.4 Å². The Balaban J connectivity index is 1.91. The molecule has 1 fully saturated rings. The van der Waals surface area contributed by atoms with Crippen LogP contribution in [0.3, 0.4) is 0 Å². The van der Waals surface area contributed by atoms with Crippen LogP contribution < -0.4 is 15.4 Å². The van der Waals surface area contributed by atoms with E-state index in [1.165, 1.54) is 12.8 Å². The fourth-order valence-corrected chi connectivity index (χ4v) is 2.71. The number of methoxy groups -OCH3 is 1. The molecule has 1 aliphatic carbocycles. The Morgan fingerprint density at radius 2 is 1.95 bits per heavy atom. The first kappa shape index (κ1) is 14.7. The molecule has 0 saturated heterocycles. The summed E-state index contributed by atoms with van der Waals surface area (Å²) < 4.78 is 5.15. The van der Waals surface area contributed by atoms with E-state index in [1.54, 1.807) is 7.11 Å². The number of ether oxygens (including phenoxy) is 1. The predicted octanol–water partition coefficient (Wildman–Crippen LogP) is 3.39. The summed E-state index contributed by atoms with van der Waals surface area (Å²) in [6.45, 7) is 2.07. The van der Waals surface area contributed by atoms with Crippen LogP contribution in [-0.2, 0) is 0 Å². The summed E-state index contributed by atoms with van der Waals surface area (Å²) in [5.41, 5.74) is 1.11. The second kappa shape index (κ2) is 7.17. The number of amides is 2. The minimum absolute atomic E-state index is 0.0438. The maximum absolute atomic E-state index is 12.0. The molecule has 1 aliphatic rings. The summed E-state index contributed by atoms with van der Waals surface area (Å²) in [5, 5.41) is 6.12. The molecule has 0 radical (unpaired) electrons. The first-order valence-electron chi connectivity index (χ1n) is 7.44. The smallest absolute Gasteiger partial charge is 0.315 e. The Morgan fingerprint density at radius 3 is 2.50 bits per heavy atom. The molecular formula is C16H24N2O2. The Morgan fingerprint density at radius 1 is 1.30 bits per heavy atom. The lowest BCUT2D eigenvalue weighted by molar-refractivity contribution is 0.233. The lowest BCUT2D eigenvalue weighted by atomic mass is 10.0. The molecule has 1 aromatic carbocycles. The van der Waals surface area contributed by atoms with Crippen molar-refractivity contribution in [1.29, 1.82) is 0 Å². The van der Waals surface area contributed by atoms with Gasteiger partial charge < -0.3 is 15.4 Å². The van der Waals surface area contributed by atoms with Gasteiger partial charge in [0.05, 0.1) is 13.2 Å². The van der Waals surface area contributed by atoms with E-state index in [0.717, 1.165) is 30.6 Å². The SMILES string of the molecule is CCC(NC(=O)NC1CCCC1)c1ccc(OC)cc1. The van der Waals surface area contributed by atoms with Crippen molar-refractivity contribution in [3.63, 3.8) is 0 Å². The highest BCUT2D eigenvalue weighted by Gasteiger charge is 2.19. The van der Waals surface area contributed by atoms with Gasteiger partial charge in [0.25, 0.3) is 0 Å². The van der Waals surface area contributed by atoms with E-state index in [4.69, 9.17) is 4.74 Å². The lowest BCUT2D eigenvalue weighted by Gasteiger charge is -2.20. The zero-order valence-corrected chi connectivity index (χ0v) is 12.3. The van der Waals surface area contributed by atoms with Crippen molar-refractivity contribution >= 4 is 6.03 Å². The predicted molar refractivity (Wildman–Crippen MR) is 79.9 cm³/mol. The minimum Gasteiger partial charge on any atom is -0.497 e. The van der Waals surface area contributed by atoms with E-state index >= 15 is 0 Å². The first-order chi connectivity index (χ1) is 9.72. The molecule has 4 heteroatoms. The molecule has 2 amide bonds. The minimum atomic E-state index is -0.0560. The van der Waals surface area contributed by atoms with Crippen molar-refractivity contribution in [2.45, 2.75) is 51.1 Å². The molecular weight excluding hydrogens is 252 g/mol. The molecule has 2 N–H and O–H groups in total. The maximum atomic E-state index is 12.0. The summed E-state index contributed by atoms with van der Waals surface area (Å²) in [4.78, 5) is 12.0. The number of nitrogens with one attached hydrogen (secondary N) is 2. The number of carbonyl (C=O) groups is 1. The van der Waals surface area contributed by atoms with Crippen molar-refractivity contribution in [3.8, 4) is 5.75 Å². The van der Waals surface area contributed by atoms with Gasteiger partial charge in [-0.05, 0) is 37.0 Å². The number of hydrogen-bond donors (Lipinski definition) is 2. The van der Waals surface area contributed by atoms with Gasteiger partial charge >= 0.3 is 6.03 Å². The summed E-state index contributed by atoms with van der Waals surface area (Å²) in [7, 11) is 1.65. The van der Waals surface area contributed by atoms with Crippen LogP contribution >= 0.6 is 0 Å². The summed E-state index contributed by atoms with van der Waals surface area (Å²) in [6, 6.07) is 8.19. The van der Waals surface area contributed by atoms with Gasteiger partial charge in [-0.2, -0.15) is 0 Å². The van der Waals surface area contributed by atoms with Crippen molar-refractivity contribution in [2.75, 3.05) is 7.11 Å². The molecule has 0 spiro atoms. The summed E-state index contributed by atoms with van der Waals surface area (Å²) >= 11 is 0. The highest BCUT2D eigenvalue weighted by molar-refractivity contribution is 5.74. The second-order valence-corrected chi connectivity index (χ2v) is 5.33. The van der Waals surface area contributed by atoms with E-state index in [-0.39, 0.29) is 12.1 Å². The van der Waals surface area contributed by atoms with Crippen LogP contribution in [0.5, 0.6) is 5.75 Å². The average Bonchev–Trinajstić information content (AvgIpc) is 2.97. The number of carbonyl (C=O) groups excluding carboxylic acids is 1. The molecule has 1 unspecified atom stereocenters. The fraction of sp³-hybridized carbons (Fsp3) is 0.562. The van der Waals surface area contributed by atoms with E-state index in [1.807, 2.05) is 24.3 Å².